The van der Waals surface area contributed by atoms with Gasteiger partial charge in [-0.05, 0) is 60.7 Å². The zero-order valence-electron chi connectivity index (χ0n) is 14.7. The van der Waals surface area contributed by atoms with Gasteiger partial charge in [-0.2, -0.15) is 10.1 Å². The second kappa shape index (κ2) is 8.37. The first-order valence-corrected chi connectivity index (χ1v) is 8.95. The SMILES string of the molecule is Clc1ccc(Nc2cnnc(Nc3ccc(Oc4ccccc4)cc3)n2)cc1. The molecule has 0 fully saturated rings. The van der Waals surface area contributed by atoms with E-state index in [1.807, 2.05) is 66.7 Å². The number of ether oxygens (including phenoxy) is 1. The smallest absolute Gasteiger partial charge is 0.249 e. The minimum Gasteiger partial charge on any atom is -0.457 e. The second-order valence-electron chi connectivity index (χ2n) is 5.86. The van der Waals surface area contributed by atoms with Crippen molar-refractivity contribution in [1.82, 2.24) is 15.2 Å². The number of hydrogen-bond donors (Lipinski definition) is 2. The van der Waals surface area contributed by atoms with Gasteiger partial charge in [-0.1, -0.05) is 29.8 Å². The number of nitrogens with one attached hydrogen (secondary N) is 2. The van der Waals surface area contributed by atoms with Crippen LogP contribution in [0, 0.1) is 0 Å². The highest BCUT2D eigenvalue weighted by atomic mass is 35.5. The van der Waals surface area contributed by atoms with Crippen LogP contribution in [0.3, 0.4) is 0 Å². The highest BCUT2D eigenvalue weighted by Crippen LogP contribution is 2.24. The van der Waals surface area contributed by atoms with Crippen molar-refractivity contribution in [2.45, 2.75) is 0 Å². The first kappa shape index (κ1) is 17.8. The molecule has 0 bridgehead atoms. The van der Waals surface area contributed by atoms with Crippen molar-refractivity contribution in [1.29, 1.82) is 0 Å². The first-order chi connectivity index (χ1) is 13.7. The fourth-order valence-electron chi connectivity index (χ4n) is 2.46. The van der Waals surface area contributed by atoms with E-state index in [0.717, 1.165) is 22.9 Å². The molecule has 0 aliphatic carbocycles. The lowest BCUT2D eigenvalue weighted by atomic mass is 10.3. The molecular formula is C21H16ClN5O. The fraction of sp³-hybridized carbons (Fsp3) is 0. The van der Waals surface area contributed by atoms with E-state index in [0.29, 0.717) is 16.8 Å². The molecule has 0 amide bonds. The molecule has 0 unspecified atom stereocenters. The number of nitrogens with zero attached hydrogens (tertiary/aromatic N) is 3. The Morgan fingerprint density at radius 3 is 2.11 bits per heavy atom. The van der Waals surface area contributed by atoms with Gasteiger partial charge in [0.15, 0.2) is 5.82 Å². The van der Waals surface area contributed by atoms with Gasteiger partial charge in [0.1, 0.15) is 11.5 Å². The number of anilines is 4. The number of hydrogen-bond acceptors (Lipinski definition) is 6. The largest absolute Gasteiger partial charge is 0.457 e. The standard InChI is InChI=1S/C21H16ClN5O/c22-15-6-8-16(9-7-15)24-20-14-23-27-21(26-20)25-17-10-12-19(13-11-17)28-18-4-2-1-3-5-18/h1-14H,(H2,24,25,26,27). The minimum absolute atomic E-state index is 0.385. The predicted molar refractivity (Wildman–Crippen MR) is 111 cm³/mol. The molecule has 138 valence electrons. The van der Waals surface area contributed by atoms with Gasteiger partial charge in [-0.25, -0.2) is 0 Å². The third-order valence-corrected chi connectivity index (χ3v) is 4.02. The Bertz CT molecular complexity index is 1040. The summed E-state index contributed by atoms with van der Waals surface area (Å²) >= 11 is 5.90. The molecule has 0 radical (unpaired) electrons. The molecule has 0 atom stereocenters. The zero-order valence-corrected chi connectivity index (χ0v) is 15.5. The Hall–Kier alpha value is -3.64. The molecule has 1 aromatic heterocycles. The highest BCUT2D eigenvalue weighted by Gasteiger charge is 2.03. The lowest BCUT2D eigenvalue weighted by molar-refractivity contribution is 0.483. The fourth-order valence-corrected chi connectivity index (χ4v) is 2.58. The number of para-hydroxylation sites is 1. The van der Waals surface area contributed by atoms with E-state index in [2.05, 4.69) is 25.8 Å². The lowest BCUT2D eigenvalue weighted by Crippen LogP contribution is -2.02. The van der Waals surface area contributed by atoms with E-state index >= 15 is 0 Å². The maximum atomic E-state index is 5.90. The van der Waals surface area contributed by atoms with Crippen LogP contribution >= 0.6 is 11.6 Å². The van der Waals surface area contributed by atoms with Crippen LogP contribution in [-0.2, 0) is 0 Å². The Balaban J connectivity index is 1.42. The third-order valence-electron chi connectivity index (χ3n) is 3.76. The summed E-state index contributed by atoms with van der Waals surface area (Å²) in [6.45, 7) is 0. The molecule has 0 saturated carbocycles. The van der Waals surface area contributed by atoms with Crippen molar-refractivity contribution in [2.24, 2.45) is 0 Å². The molecule has 0 saturated heterocycles. The van der Waals surface area contributed by atoms with Gasteiger partial charge in [0.25, 0.3) is 0 Å². The first-order valence-electron chi connectivity index (χ1n) is 8.57. The van der Waals surface area contributed by atoms with Crippen molar-refractivity contribution < 1.29 is 4.74 Å². The highest BCUT2D eigenvalue weighted by molar-refractivity contribution is 6.30. The summed E-state index contributed by atoms with van der Waals surface area (Å²) in [5.74, 6) is 2.49. The monoisotopic (exact) mass is 389 g/mol. The lowest BCUT2D eigenvalue weighted by Gasteiger charge is -2.09. The Kier molecular flexibility index (Phi) is 5.31. The minimum atomic E-state index is 0.385. The molecule has 7 heteroatoms. The van der Waals surface area contributed by atoms with Crippen molar-refractivity contribution in [3.05, 3.63) is 90.1 Å². The quantitative estimate of drug-likeness (QED) is 0.434. The summed E-state index contributed by atoms with van der Waals surface area (Å²) < 4.78 is 5.79. The number of aromatic nitrogens is 3. The van der Waals surface area contributed by atoms with E-state index in [4.69, 9.17) is 16.3 Å². The van der Waals surface area contributed by atoms with Crippen LogP contribution in [0.2, 0.25) is 5.02 Å². The predicted octanol–water partition coefficient (Wildman–Crippen LogP) is 5.80. The molecule has 4 aromatic rings. The van der Waals surface area contributed by atoms with Gasteiger partial charge in [0, 0.05) is 16.4 Å². The number of benzene rings is 3. The van der Waals surface area contributed by atoms with E-state index in [-0.39, 0.29) is 0 Å². The average molecular weight is 390 g/mol. The van der Waals surface area contributed by atoms with E-state index in [1.165, 1.54) is 0 Å². The summed E-state index contributed by atoms with van der Waals surface area (Å²) in [4.78, 5) is 4.42. The van der Waals surface area contributed by atoms with Crippen molar-refractivity contribution in [3.8, 4) is 11.5 Å². The Morgan fingerprint density at radius 2 is 1.36 bits per heavy atom. The van der Waals surface area contributed by atoms with Crippen molar-refractivity contribution in [3.63, 3.8) is 0 Å². The van der Waals surface area contributed by atoms with Gasteiger partial charge in [-0.3, -0.25) is 0 Å². The molecule has 0 aliphatic heterocycles. The van der Waals surface area contributed by atoms with Crippen LogP contribution in [0.1, 0.15) is 0 Å². The molecule has 1 heterocycles. The van der Waals surface area contributed by atoms with Crippen LogP contribution in [0.4, 0.5) is 23.1 Å². The molecule has 0 spiro atoms. The molecule has 28 heavy (non-hydrogen) atoms. The van der Waals surface area contributed by atoms with E-state index in [9.17, 15) is 0 Å². The van der Waals surface area contributed by atoms with Crippen LogP contribution in [0.25, 0.3) is 0 Å². The van der Waals surface area contributed by atoms with Gasteiger partial charge in [-0.15, -0.1) is 5.10 Å². The molecule has 0 aliphatic rings. The number of rotatable bonds is 6. The molecule has 3 aromatic carbocycles. The van der Waals surface area contributed by atoms with Gasteiger partial charge in [0.05, 0.1) is 6.20 Å². The summed E-state index contributed by atoms with van der Waals surface area (Å²) in [7, 11) is 0. The maximum absolute atomic E-state index is 5.90. The number of halogens is 1. The average Bonchev–Trinajstić information content (AvgIpc) is 2.72. The second-order valence-corrected chi connectivity index (χ2v) is 6.30. The van der Waals surface area contributed by atoms with Crippen LogP contribution in [0.15, 0.2) is 85.1 Å². The molecule has 4 rings (SSSR count). The summed E-state index contributed by atoms with van der Waals surface area (Å²) in [6.07, 6.45) is 1.55. The maximum Gasteiger partial charge on any atom is 0.249 e. The Morgan fingerprint density at radius 1 is 0.714 bits per heavy atom. The summed E-state index contributed by atoms with van der Waals surface area (Å²) in [5, 5.41) is 15.0. The third kappa shape index (κ3) is 4.75. The van der Waals surface area contributed by atoms with Crippen LogP contribution in [-0.4, -0.2) is 15.2 Å². The Labute approximate surface area is 167 Å². The van der Waals surface area contributed by atoms with Crippen LogP contribution < -0.4 is 15.4 Å². The summed E-state index contributed by atoms with van der Waals surface area (Å²) in [6, 6.07) is 24.5. The molecular weight excluding hydrogens is 374 g/mol. The van der Waals surface area contributed by atoms with Crippen molar-refractivity contribution >= 4 is 34.7 Å². The van der Waals surface area contributed by atoms with Gasteiger partial charge in [0.2, 0.25) is 5.95 Å². The molecule has 6 nitrogen and oxygen atoms in total. The van der Waals surface area contributed by atoms with Crippen molar-refractivity contribution in [2.75, 3.05) is 10.6 Å². The van der Waals surface area contributed by atoms with E-state index in [1.54, 1.807) is 18.3 Å². The zero-order chi connectivity index (χ0) is 19.2. The van der Waals surface area contributed by atoms with Gasteiger partial charge >= 0.3 is 0 Å². The topological polar surface area (TPSA) is 72.0 Å². The van der Waals surface area contributed by atoms with Gasteiger partial charge < -0.3 is 15.4 Å². The normalized spacial score (nSPS) is 10.3. The van der Waals surface area contributed by atoms with Crippen LogP contribution in [0.5, 0.6) is 11.5 Å². The summed E-state index contributed by atoms with van der Waals surface area (Å²) in [5.41, 5.74) is 1.68. The molecule has 2 N–H and O–H groups in total. The van der Waals surface area contributed by atoms with E-state index < -0.39 is 0 Å².